The van der Waals surface area contributed by atoms with Crippen molar-refractivity contribution in [3.63, 3.8) is 0 Å². The number of fused-ring (bicyclic) bond motifs is 1. The normalized spacial score (nSPS) is 11.9. The number of aromatic nitrogens is 1. The van der Waals surface area contributed by atoms with Gasteiger partial charge in [0.1, 0.15) is 11.9 Å². The molecular weight excluding hydrogens is 525 g/mol. The first kappa shape index (κ1) is 25.5. The van der Waals surface area contributed by atoms with Gasteiger partial charge in [-0.25, -0.2) is 9.37 Å². The van der Waals surface area contributed by atoms with Crippen LogP contribution in [0.25, 0.3) is 21.3 Å². The second-order valence-corrected chi connectivity index (χ2v) is 10.1. The Morgan fingerprint density at radius 2 is 1.66 bits per heavy atom. The Bertz CT molecular complexity index is 1650. The Hall–Kier alpha value is -4.11. The number of carboxylic acid groups (broad SMARTS) is 1. The van der Waals surface area contributed by atoms with Gasteiger partial charge in [0.25, 0.3) is 0 Å². The number of nitrogens with two attached hydrogens (primary N) is 1. The van der Waals surface area contributed by atoms with Crippen molar-refractivity contribution in [3.05, 3.63) is 112 Å². The highest BCUT2D eigenvalue weighted by atomic mass is 35.5. The van der Waals surface area contributed by atoms with E-state index in [-0.39, 0.29) is 23.0 Å². The van der Waals surface area contributed by atoms with Gasteiger partial charge in [0.2, 0.25) is 0 Å². The van der Waals surface area contributed by atoms with Crippen LogP contribution >= 0.6 is 22.9 Å². The van der Waals surface area contributed by atoms with Crippen LogP contribution in [0.4, 0.5) is 15.2 Å². The summed E-state index contributed by atoms with van der Waals surface area (Å²) >= 11 is 7.65. The largest absolute Gasteiger partial charge is 0.480 e. The SMILES string of the molecule is N[C@@H](Cc1ccc(Cl)c(C(=O)c2ccc(-c3ccc(Nc4nc5ccc(F)cc5s4)cc3)cc2)c1)C(=O)O. The van der Waals surface area contributed by atoms with E-state index in [2.05, 4.69) is 10.3 Å². The molecule has 0 radical (unpaired) electrons. The molecule has 5 rings (SSSR count). The van der Waals surface area contributed by atoms with Crippen LogP contribution in [0.15, 0.2) is 84.9 Å². The minimum Gasteiger partial charge on any atom is -0.480 e. The lowest BCUT2D eigenvalue weighted by Crippen LogP contribution is -2.32. The Kier molecular flexibility index (Phi) is 7.20. The molecule has 1 atom stereocenters. The maximum absolute atomic E-state index is 13.4. The maximum atomic E-state index is 13.4. The molecule has 0 fully saturated rings. The third-order valence-corrected chi connectivity index (χ3v) is 7.28. The van der Waals surface area contributed by atoms with Crippen LogP contribution in [0, 0.1) is 5.82 Å². The van der Waals surface area contributed by atoms with Gasteiger partial charge in [-0.15, -0.1) is 0 Å². The van der Waals surface area contributed by atoms with E-state index in [1.54, 1.807) is 36.4 Å². The molecule has 0 aliphatic carbocycles. The van der Waals surface area contributed by atoms with Gasteiger partial charge in [-0.1, -0.05) is 65.4 Å². The summed E-state index contributed by atoms with van der Waals surface area (Å²) in [5.74, 6) is -1.66. The van der Waals surface area contributed by atoms with Crippen LogP contribution in [0.3, 0.4) is 0 Å². The van der Waals surface area contributed by atoms with Crippen molar-refractivity contribution in [2.24, 2.45) is 5.73 Å². The number of hydrogen-bond acceptors (Lipinski definition) is 6. The number of anilines is 2. The molecule has 0 amide bonds. The standard InChI is InChI=1S/C29H21ClFN3O3S/c30-23-11-1-16(14-24(32)28(36)37)13-22(23)27(35)19-4-2-17(3-5-19)18-6-9-21(10-7-18)33-29-34-25-12-8-20(31)15-26(25)38-29/h1-13,15,24H,14,32H2,(H,33,34)(H,36,37)/t24-/m0/s1. The highest BCUT2D eigenvalue weighted by Crippen LogP contribution is 2.30. The topological polar surface area (TPSA) is 105 Å². The molecule has 0 unspecified atom stereocenters. The zero-order valence-corrected chi connectivity index (χ0v) is 21.4. The lowest BCUT2D eigenvalue weighted by atomic mass is 9.97. The smallest absolute Gasteiger partial charge is 0.320 e. The quantitative estimate of drug-likeness (QED) is 0.188. The van der Waals surface area contributed by atoms with E-state index in [9.17, 15) is 14.0 Å². The monoisotopic (exact) mass is 545 g/mol. The molecular formula is C29H21ClFN3O3S. The zero-order chi connectivity index (χ0) is 26.8. The van der Waals surface area contributed by atoms with Gasteiger partial charge < -0.3 is 16.2 Å². The fraction of sp³-hybridized carbons (Fsp3) is 0.0690. The number of rotatable bonds is 8. The Balaban J connectivity index is 1.29. The van der Waals surface area contributed by atoms with E-state index in [1.807, 2.05) is 36.4 Å². The van der Waals surface area contributed by atoms with Crippen LogP contribution in [-0.2, 0) is 11.2 Å². The van der Waals surface area contributed by atoms with Crippen LogP contribution < -0.4 is 11.1 Å². The minimum atomic E-state index is -1.11. The minimum absolute atomic E-state index is 0.0914. The van der Waals surface area contributed by atoms with E-state index in [0.717, 1.165) is 27.0 Å². The lowest BCUT2D eigenvalue weighted by Gasteiger charge is -2.10. The number of nitrogens with zero attached hydrogens (tertiary/aromatic N) is 1. The van der Waals surface area contributed by atoms with Gasteiger partial charge in [-0.2, -0.15) is 0 Å². The number of carbonyl (C=O) groups is 2. The molecule has 9 heteroatoms. The first-order valence-corrected chi connectivity index (χ1v) is 12.8. The number of benzene rings is 4. The molecule has 4 aromatic carbocycles. The van der Waals surface area contributed by atoms with E-state index in [0.29, 0.717) is 21.8 Å². The third-order valence-electron chi connectivity index (χ3n) is 6.02. The van der Waals surface area contributed by atoms with Crippen molar-refractivity contribution in [3.8, 4) is 11.1 Å². The van der Waals surface area contributed by atoms with Crippen molar-refractivity contribution in [1.29, 1.82) is 0 Å². The molecule has 38 heavy (non-hydrogen) atoms. The van der Waals surface area contributed by atoms with Gasteiger partial charge in [0.15, 0.2) is 10.9 Å². The second kappa shape index (κ2) is 10.7. The summed E-state index contributed by atoms with van der Waals surface area (Å²) in [6, 6.07) is 23.2. The van der Waals surface area contributed by atoms with Gasteiger partial charge in [-0.05, 0) is 65.6 Å². The van der Waals surface area contributed by atoms with Gasteiger partial charge in [0.05, 0.1) is 15.2 Å². The summed E-state index contributed by atoms with van der Waals surface area (Å²) in [4.78, 5) is 28.7. The number of thiazole rings is 1. The van der Waals surface area contributed by atoms with E-state index in [1.165, 1.54) is 23.5 Å². The van der Waals surface area contributed by atoms with Gasteiger partial charge in [0, 0.05) is 16.8 Å². The molecule has 4 N–H and O–H groups in total. The summed E-state index contributed by atoms with van der Waals surface area (Å²) in [5, 5.41) is 13.3. The summed E-state index contributed by atoms with van der Waals surface area (Å²) < 4.78 is 14.2. The number of hydrogen-bond donors (Lipinski definition) is 3. The fourth-order valence-corrected chi connectivity index (χ4v) is 5.12. The molecule has 0 bridgehead atoms. The molecule has 5 aromatic rings. The highest BCUT2D eigenvalue weighted by molar-refractivity contribution is 7.22. The average Bonchev–Trinajstić information content (AvgIpc) is 3.31. The lowest BCUT2D eigenvalue weighted by molar-refractivity contribution is -0.138. The molecule has 0 saturated carbocycles. The predicted octanol–water partition coefficient (Wildman–Crippen LogP) is 6.68. The molecule has 1 heterocycles. The van der Waals surface area contributed by atoms with Crippen LogP contribution in [-0.4, -0.2) is 27.9 Å². The summed E-state index contributed by atoms with van der Waals surface area (Å²) in [6.45, 7) is 0. The van der Waals surface area contributed by atoms with E-state index >= 15 is 0 Å². The number of nitrogens with one attached hydrogen (secondary N) is 1. The summed E-state index contributed by atoms with van der Waals surface area (Å²) in [5.41, 5.74) is 10.5. The molecule has 0 aliphatic rings. The molecule has 0 saturated heterocycles. The number of ketones is 1. The van der Waals surface area contributed by atoms with Crippen molar-refractivity contribution < 1.29 is 19.1 Å². The summed E-state index contributed by atoms with van der Waals surface area (Å²) in [7, 11) is 0. The molecule has 190 valence electrons. The van der Waals surface area contributed by atoms with Gasteiger partial charge >= 0.3 is 5.97 Å². The number of carboxylic acids is 1. The van der Waals surface area contributed by atoms with Crippen molar-refractivity contribution in [2.45, 2.75) is 12.5 Å². The molecule has 6 nitrogen and oxygen atoms in total. The first-order chi connectivity index (χ1) is 18.3. The van der Waals surface area contributed by atoms with Crippen molar-refractivity contribution >= 4 is 55.7 Å². The van der Waals surface area contributed by atoms with E-state index < -0.39 is 12.0 Å². The number of halogens is 2. The van der Waals surface area contributed by atoms with E-state index in [4.69, 9.17) is 22.4 Å². The molecule has 0 aliphatic heterocycles. The second-order valence-electron chi connectivity index (χ2n) is 8.70. The Morgan fingerprint density at radius 1 is 0.974 bits per heavy atom. The van der Waals surface area contributed by atoms with Crippen molar-refractivity contribution in [1.82, 2.24) is 4.98 Å². The average molecular weight is 546 g/mol. The fourth-order valence-electron chi connectivity index (χ4n) is 4.01. The molecule has 1 aromatic heterocycles. The zero-order valence-electron chi connectivity index (χ0n) is 19.8. The third kappa shape index (κ3) is 5.57. The van der Waals surface area contributed by atoms with Gasteiger partial charge in [-0.3, -0.25) is 9.59 Å². The maximum Gasteiger partial charge on any atom is 0.320 e. The number of aliphatic carboxylic acids is 1. The Morgan fingerprint density at radius 3 is 2.34 bits per heavy atom. The first-order valence-electron chi connectivity index (χ1n) is 11.6. The number of carbonyl (C=O) groups excluding carboxylic acids is 1. The Labute approximate surface area is 226 Å². The predicted molar refractivity (Wildman–Crippen MR) is 149 cm³/mol. The van der Waals surface area contributed by atoms with Crippen LogP contribution in [0.1, 0.15) is 21.5 Å². The highest BCUT2D eigenvalue weighted by Gasteiger charge is 2.17. The van der Waals surface area contributed by atoms with Crippen molar-refractivity contribution in [2.75, 3.05) is 5.32 Å². The van der Waals surface area contributed by atoms with Crippen LogP contribution in [0.5, 0.6) is 0 Å². The molecule has 0 spiro atoms. The summed E-state index contributed by atoms with van der Waals surface area (Å²) in [6.07, 6.45) is 0.0914. The van der Waals surface area contributed by atoms with Crippen LogP contribution in [0.2, 0.25) is 5.02 Å².